The molecule has 1 heterocycles. The molecule has 1 aromatic rings. The Labute approximate surface area is 124 Å². The molecule has 0 spiro atoms. The highest BCUT2D eigenvalue weighted by atomic mass is 15.3. The maximum atomic E-state index is 3.64. The average molecular weight is 274 g/mol. The quantitative estimate of drug-likeness (QED) is 0.906. The fraction of sp³-hybridized carbons (Fsp3) is 0.667. The van der Waals surface area contributed by atoms with E-state index in [-0.39, 0.29) is 5.54 Å². The third-order valence-corrected chi connectivity index (χ3v) is 5.04. The first-order chi connectivity index (χ1) is 9.35. The number of piperazine rings is 1. The third-order valence-electron chi connectivity index (χ3n) is 5.04. The smallest absolute Gasteiger partial charge is 0.0307 e. The second-order valence-corrected chi connectivity index (χ2v) is 6.89. The molecule has 0 saturated carbocycles. The summed E-state index contributed by atoms with van der Waals surface area (Å²) in [6.07, 6.45) is 1.19. The van der Waals surface area contributed by atoms with Crippen molar-refractivity contribution in [1.82, 2.24) is 10.2 Å². The number of aryl methyl sites for hydroxylation is 3. The zero-order valence-corrected chi connectivity index (χ0v) is 14.0. The van der Waals surface area contributed by atoms with Gasteiger partial charge >= 0.3 is 0 Å². The van der Waals surface area contributed by atoms with E-state index in [9.17, 15) is 0 Å². The minimum atomic E-state index is 0.274. The Morgan fingerprint density at radius 1 is 1.25 bits per heavy atom. The molecule has 1 fully saturated rings. The molecule has 2 nitrogen and oxygen atoms in total. The van der Waals surface area contributed by atoms with Crippen molar-refractivity contribution in [3.05, 3.63) is 34.4 Å². The maximum absolute atomic E-state index is 3.64. The van der Waals surface area contributed by atoms with E-state index in [4.69, 9.17) is 0 Å². The van der Waals surface area contributed by atoms with E-state index in [0.717, 1.165) is 19.6 Å². The van der Waals surface area contributed by atoms with Gasteiger partial charge in [0.2, 0.25) is 0 Å². The lowest BCUT2D eigenvalue weighted by Gasteiger charge is -2.47. The van der Waals surface area contributed by atoms with Crippen LogP contribution >= 0.6 is 0 Å². The molecule has 2 unspecified atom stereocenters. The molecule has 20 heavy (non-hydrogen) atoms. The number of rotatable bonds is 3. The van der Waals surface area contributed by atoms with Crippen LogP contribution in [0.1, 0.15) is 49.4 Å². The van der Waals surface area contributed by atoms with Gasteiger partial charge in [-0.2, -0.15) is 0 Å². The van der Waals surface area contributed by atoms with Crippen molar-refractivity contribution >= 4 is 0 Å². The minimum absolute atomic E-state index is 0.274. The SMILES string of the molecule is CCC1(C)CNC(C)CN1Cc1c(C)cc(C)cc1C. The predicted octanol–water partition coefficient (Wildman–Crippen LogP) is 3.57. The molecular formula is C18H30N2. The number of benzene rings is 1. The molecular weight excluding hydrogens is 244 g/mol. The van der Waals surface area contributed by atoms with Crippen molar-refractivity contribution in [3.8, 4) is 0 Å². The van der Waals surface area contributed by atoms with Gasteiger partial charge in [0.1, 0.15) is 0 Å². The second kappa shape index (κ2) is 5.87. The normalized spacial score (nSPS) is 27.8. The molecule has 2 heteroatoms. The standard InChI is InChI=1S/C18H30N2/c1-7-18(6)12-19-16(5)10-20(18)11-17-14(3)8-13(2)9-15(17)4/h8-9,16,19H,7,10-12H2,1-6H3. The van der Waals surface area contributed by atoms with Crippen molar-refractivity contribution in [2.75, 3.05) is 13.1 Å². The number of hydrogen-bond donors (Lipinski definition) is 1. The summed E-state index contributed by atoms with van der Waals surface area (Å²) >= 11 is 0. The molecule has 1 N–H and O–H groups in total. The Bertz CT molecular complexity index is 457. The van der Waals surface area contributed by atoms with Gasteiger partial charge in [-0.1, -0.05) is 24.6 Å². The van der Waals surface area contributed by atoms with E-state index in [1.807, 2.05) is 0 Å². The van der Waals surface area contributed by atoms with Crippen LogP contribution < -0.4 is 5.32 Å². The lowest BCUT2D eigenvalue weighted by Crippen LogP contribution is -2.61. The third kappa shape index (κ3) is 3.07. The summed E-state index contributed by atoms with van der Waals surface area (Å²) in [4.78, 5) is 2.68. The van der Waals surface area contributed by atoms with E-state index in [1.54, 1.807) is 0 Å². The van der Waals surface area contributed by atoms with Crippen LogP contribution in [0.5, 0.6) is 0 Å². The summed E-state index contributed by atoms with van der Waals surface area (Å²) in [5.74, 6) is 0. The molecule has 0 amide bonds. The number of nitrogens with one attached hydrogen (secondary N) is 1. The van der Waals surface area contributed by atoms with Crippen LogP contribution in [0.2, 0.25) is 0 Å². The van der Waals surface area contributed by atoms with Gasteiger partial charge in [-0.25, -0.2) is 0 Å². The monoisotopic (exact) mass is 274 g/mol. The van der Waals surface area contributed by atoms with Crippen molar-refractivity contribution in [2.24, 2.45) is 0 Å². The van der Waals surface area contributed by atoms with Gasteiger partial charge in [-0.15, -0.1) is 0 Å². The highest BCUT2D eigenvalue weighted by Gasteiger charge is 2.35. The zero-order chi connectivity index (χ0) is 14.9. The van der Waals surface area contributed by atoms with Crippen LogP contribution in [0, 0.1) is 20.8 Å². The summed E-state index contributed by atoms with van der Waals surface area (Å²) in [6, 6.07) is 5.22. The van der Waals surface area contributed by atoms with E-state index >= 15 is 0 Å². The summed E-state index contributed by atoms with van der Waals surface area (Å²) in [6.45, 7) is 17.0. The van der Waals surface area contributed by atoms with Gasteiger partial charge in [0.05, 0.1) is 0 Å². The first kappa shape index (κ1) is 15.5. The first-order valence-corrected chi connectivity index (χ1v) is 7.91. The van der Waals surface area contributed by atoms with E-state index < -0.39 is 0 Å². The highest BCUT2D eigenvalue weighted by molar-refractivity contribution is 5.37. The zero-order valence-electron chi connectivity index (χ0n) is 14.0. The summed E-state index contributed by atoms with van der Waals surface area (Å²) in [5, 5.41) is 3.64. The molecule has 2 atom stereocenters. The summed E-state index contributed by atoms with van der Waals surface area (Å²) in [7, 11) is 0. The van der Waals surface area contributed by atoms with Gasteiger partial charge in [-0.05, 0) is 57.7 Å². The molecule has 1 aliphatic heterocycles. The van der Waals surface area contributed by atoms with Gasteiger partial charge in [-0.3, -0.25) is 4.90 Å². The second-order valence-electron chi connectivity index (χ2n) is 6.89. The summed E-state index contributed by atoms with van der Waals surface area (Å²) < 4.78 is 0. The first-order valence-electron chi connectivity index (χ1n) is 7.91. The van der Waals surface area contributed by atoms with E-state index in [0.29, 0.717) is 6.04 Å². The molecule has 2 rings (SSSR count). The van der Waals surface area contributed by atoms with Gasteiger partial charge in [0.25, 0.3) is 0 Å². The Morgan fingerprint density at radius 3 is 2.40 bits per heavy atom. The van der Waals surface area contributed by atoms with Gasteiger partial charge in [0, 0.05) is 31.2 Å². The predicted molar refractivity (Wildman–Crippen MR) is 87.2 cm³/mol. The molecule has 112 valence electrons. The molecule has 0 aliphatic carbocycles. The Balaban J connectivity index is 2.27. The van der Waals surface area contributed by atoms with Gasteiger partial charge < -0.3 is 5.32 Å². The Morgan fingerprint density at radius 2 is 1.85 bits per heavy atom. The fourth-order valence-electron chi connectivity index (χ4n) is 3.38. The molecule has 1 saturated heterocycles. The average Bonchev–Trinajstić information content (AvgIpc) is 2.38. The lowest BCUT2D eigenvalue weighted by atomic mass is 9.90. The largest absolute Gasteiger partial charge is 0.311 e. The van der Waals surface area contributed by atoms with E-state index in [2.05, 4.69) is 63.9 Å². The maximum Gasteiger partial charge on any atom is 0.0307 e. The van der Waals surface area contributed by atoms with Crippen molar-refractivity contribution < 1.29 is 0 Å². The lowest BCUT2D eigenvalue weighted by molar-refractivity contribution is 0.0450. The van der Waals surface area contributed by atoms with Crippen LogP contribution in [-0.4, -0.2) is 29.6 Å². The highest BCUT2D eigenvalue weighted by Crippen LogP contribution is 2.27. The van der Waals surface area contributed by atoms with Crippen LogP contribution in [0.15, 0.2) is 12.1 Å². The summed E-state index contributed by atoms with van der Waals surface area (Å²) in [5.41, 5.74) is 6.04. The molecule has 0 bridgehead atoms. The minimum Gasteiger partial charge on any atom is -0.311 e. The van der Waals surface area contributed by atoms with Crippen molar-refractivity contribution in [3.63, 3.8) is 0 Å². The number of nitrogens with zero attached hydrogens (tertiary/aromatic N) is 1. The molecule has 0 radical (unpaired) electrons. The van der Waals surface area contributed by atoms with Crippen molar-refractivity contribution in [2.45, 2.75) is 66.1 Å². The Kier molecular flexibility index (Phi) is 4.55. The number of hydrogen-bond acceptors (Lipinski definition) is 2. The Hall–Kier alpha value is -0.860. The van der Waals surface area contributed by atoms with Crippen LogP contribution in [0.25, 0.3) is 0 Å². The fourth-order valence-corrected chi connectivity index (χ4v) is 3.38. The molecule has 0 aromatic heterocycles. The van der Waals surface area contributed by atoms with Gasteiger partial charge in [0.15, 0.2) is 0 Å². The topological polar surface area (TPSA) is 15.3 Å². The molecule has 1 aromatic carbocycles. The van der Waals surface area contributed by atoms with E-state index in [1.165, 1.54) is 28.7 Å². The van der Waals surface area contributed by atoms with Crippen LogP contribution in [-0.2, 0) is 6.54 Å². The van der Waals surface area contributed by atoms with Crippen molar-refractivity contribution in [1.29, 1.82) is 0 Å². The van der Waals surface area contributed by atoms with Crippen LogP contribution in [0.4, 0.5) is 0 Å². The van der Waals surface area contributed by atoms with Crippen LogP contribution in [0.3, 0.4) is 0 Å². The molecule has 1 aliphatic rings.